The lowest BCUT2D eigenvalue weighted by Gasteiger charge is -2.30. The van der Waals surface area contributed by atoms with Crippen molar-refractivity contribution in [1.82, 2.24) is 9.97 Å². The molecule has 132 valence electrons. The van der Waals surface area contributed by atoms with E-state index in [1.165, 1.54) is 17.5 Å². The number of nitrogens with zero attached hydrogens (tertiary/aromatic N) is 3. The number of nitrogen functional groups attached to an aromatic ring is 1. The van der Waals surface area contributed by atoms with Crippen LogP contribution in [0.3, 0.4) is 0 Å². The summed E-state index contributed by atoms with van der Waals surface area (Å²) in [5, 5.41) is 4.25. The Morgan fingerprint density at radius 3 is 2.65 bits per heavy atom. The second-order valence-corrected chi connectivity index (χ2v) is 6.99. The molecule has 4 rings (SSSR count). The minimum Gasteiger partial charge on any atom is -0.393 e. The quantitative estimate of drug-likeness (QED) is 0.685. The van der Waals surface area contributed by atoms with Gasteiger partial charge in [0.15, 0.2) is 11.6 Å². The molecule has 0 saturated carbocycles. The van der Waals surface area contributed by atoms with E-state index in [1.807, 2.05) is 0 Å². The summed E-state index contributed by atoms with van der Waals surface area (Å²) in [4.78, 5) is 10.9. The Labute approximate surface area is 161 Å². The maximum absolute atomic E-state index is 6.36. The summed E-state index contributed by atoms with van der Waals surface area (Å²) in [6.45, 7) is 1.64. The fraction of sp³-hybridized carbons (Fsp3) is 0.158. The molecule has 0 unspecified atom stereocenters. The lowest BCUT2D eigenvalue weighted by molar-refractivity contribution is 0.721. The molecule has 0 spiro atoms. The number of fused-ring (bicyclic) bond motifs is 1. The first-order valence-corrected chi connectivity index (χ1v) is 9.01. The molecule has 0 fully saturated rings. The minimum absolute atomic E-state index is 0.498. The number of benzene rings is 2. The van der Waals surface area contributed by atoms with E-state index in [0.717, 1.165) is 25.3 Å². The number of nitrogens with one attached hydrogen (secondary N) is 1. The van der Waals surface area contributed by atoms with Gasteiger partial charge in [-0.25, -0.2) is 9.97 Å². The third kappa shape index (κ3) is 3.28. The molecule has 3 aromatic rings. The first kappa shape index (κ1) is 16.9. The molecule has 1 aromatic heterocycles. The molecule has 2 heterocycles. The Bertz CT molecular complexity index is 960. The van der Waals surface area contributed by atoms with Crippen LogP contribution in [0.4, 0.5) is 23.0 Å². The Morgan fingerprint density at radius 2 is 1.85 bits per heavy atom. The molecule has 0 bridgehead atoms. The fourth-order valence-electron chi connectivity index (χ4n) is 3.13. The molecule has 26 heavy (non-hydrogen) atoms. The predicted molar refractivity (Wildman–Crippen MR) is 107 cm³/mol. The number of nitrogens with two attached hydrogens (primary N) is 1. The van der Waals surface area contributed by atoms with Crippen molar-refractivity contribution in [3.05, 3.63) is 70.0 Å². The van der Waals surface area contributed by atoms with Gasteiger partial charge in [0, 0.05) is 18.1 Å². The van der Waals surface area contributed by atoms with E-state index in [2.05, 4.69) is 44.5 Å². The van der Waals surface area contributed by atoms with Crippen LogP contribution in [0.5, 0.6) is 0 Å². The lowest BCUT2D eigenvalue weighted by atomic mass is 10.00. The van der Waals surface area contributed by atoms with Crippen LogP contribution in [0.25, 0.3) is 0 Å². The van der Waals surface area contributed by atoms with Crippen LogP contribution >= 0.6 is 23.2 Å². The highest BCUT2D eigenvalue weighted by Crippen LogP contribution is 2.34. The molecule has 7 heteroatoms. The molecular weight excluding hydrogens is 369 g/mol. The molecule has 0 aliphatic carbocycles. The Kier molecular flexibility index (Phi) is 4.57. The van der Waals surface area contributed by atoms with Gasteiger partial charge in [0.05, 0.1) is 10.7 Å². The van der Waals surface area contributed by atoms with Gasteiger partial charge >= 0.3 is 0 Å². The van der Waals surface area contributed by atoms with E-state index >= 15 is 0 Å². The third-order valence-corrected chi connectivity index (χ3v) is 5.03. The van der Waals surface area contributed by atoms with Crippen molar-refractivity contribution in [2.24, 2.45) is 0 Å². The van der Waals surface area contributed by atoms with Crippen molar-refractivity contribution in [3.63, 3.8) is 0 Å². The van der Waals surface area contributed by atoms with Crippen molar-refractivity contribution >= 4 is 46.2 Å². The van der Waals surface area contributed by atoms with E-state index < -0.39 is 0 Å². The standard InChI is InChI=1S/C19H17Cl2N5/c20-14-5-6-16(15(21)9-14)25-18-17(22)19(24-11-23-18)26-8-7-12-3-1-2-4-13(12)10-26/h1-6,9,11H,7-8,10,22H2,(H,23,24,25). The summed E-state index contributed by atoms with van der Waals surface area (Å²) < 4.78 is 0. The highest BCUT2D eigenvalue weighted by molar-refractivity contribution is 6.36. The molecule has 0 radical (unpaired) electrons. The van der Waals surface area contributed by atoms with Crippen LogP contribution in [0.15, 0.2) is 48.8 Å². The van der Waals surface area contributed by atoms with Crippen LogP contribution in [0.2, 0.25) is 10.0 Å². The van der Waals surface area contributed by atoms with Crippen molar-refractivity contribution in [2.45, 2.75) is 13.0 Å². The van der Waals surface area contributed by atoms with Crippen molar-refractivity contribution < 1.29 is 0 Å². The van der Waals surface area contributed by atoms with E-state index in [9.17, 15) is 0 Å². The topological polar surface area (TPSA) is 67.1 Å². The number of hydrogen-bond acceptors (Lipinski definition) is 5. The average molecular weight is 386 g/mol. The Morgan fingerprint density at radius 1 is 1.04 bits per heavy atom. The zero-order valence-electron chi connectivity index (χ0n) is 13.9. The summed E-state index contributed by atoms with van der Waals surface area (Å²) in [5.41, 5.74) is 10.2. The second kappa shape index (κ2) is 7.02. The smallest absolute Gasteiger partial charge is 0.159 e. The van der Waals surface area contributed by atoms with Gasteiger partial charge < -0.3 is 16.0 Å². The van der Waals surface area contributed by atoms with Gasteiger partial charge in [-0.15, -0.1) is 0 Å². The largest absolute Gasteiger partial charge is 0.393 e. The molecule has 0 amide bonds. The number of rotatable bonds is 3. The molecular formula is C19H17Cl2N5. The second-order valence-electron chi connectivity index (χ2n) is 6.15. The molecule has 1 aliphatic heterocycles. The van der Waals surface area contributed by atoms with Crippen LogP contribution in [-0.4, -0.2) is 16.5 Å². The summed E-state index contributed by atoms with van der Waals surface area (Å²) >= 11 is 12.2. The van der Waals surface area contributed by atoms with Gasteiger partial charge in [-0.3, -0.25) is 0 Å². The average Bonchev–Trinajstić information content (AvgIpc) is 2.65. The molecule has 3 N–H and O–H groups in total. The zero-order chi connectivity index (χ0) is 18.1. The Hall–Kier alpha value is -2.50. The molecule has 5 nitrogen and oxygen atoms in total. The maximum atomic E-state index is 6.36. The molecule has 0 saturated heterocycles. The van der Waals surface area contributed by atoms with Crippen LogP contribution in [-0.2, 0) is 13.0 Å². The van der Waals surface area contributed by atoms with Gasteiger partial charge in [-0.05, 0) is 35.7 Å². The summed E-state index contributed by atoms with van der Waals surface area (Å²) in [5.74, 6) is 1.25. The number of aromatic nitrogens is 2. The normalized spacial score (nSPS) is 13.4. The Balaban J connectivity index is 1.62. The van der Waals surface area contributed by atoms with Crippen LogP contribution in [0, 0.1) is 0 Å². The van der Waals surface area contributed by atoms with Gasteiger partial charge in [0.25, 0.3) is 0 Å². The fourth-order valence-corrected chi connectivity index (χ4v) is 3.59. The van der Waals surface area contributed by atoms with E-state index in [-0.39, 0.29) is 0 Å². The van der Waals surface area contributed by atoms with Crippen LogP contribution < -0.4 is 16.0 Å². The van der Waals surface area contributed by atoms with Gasteiger partial charge in [0.2, 0.25) is 0 Å². The van der Waals surface area contributed by atoms with Crippen molar-refractivity contribution in [3.8, 4) is 0 Å². The third-order valence-electron chi connectivity index (χ3n) is 4.48. The van der Waals surface area contributed by atoms with Crippen molar-refractivity contribution in [1.29, 1.82) is 0 Å². The van der Waals surface area contributed by atoms with E-state index in [4.69, 9.17) is 28.9 Å². The molecule has 2 aromatic carbocycles. The highest BCUT2D eigenvalue weighted by Gasteiger charge is 2.21. The molecule has 1 aliphatic rings. The summed E-state index contributed by atoms with van der Waals surface area (Å²) in [6, 6.07) is 13.7. The number of halogens is 2. The maximum Gasteiger partial charge on any atom is 0.159 e. The monoisotopic (exact) mass is 385 g/mol. The highest BCUT2D eigenvalue weighted by atomic mass is 35.5. The number of hydrogen-bond donors (Lipinski definition) is 2. The number of anilines is 4. The minimum atomic E-state index is 0.498. The van der Waals surface area contributed by atoms with Gasteiger partial charge in [-0.2, -0.15) is 0 Å². The van der Waals surface area contributed by atoms with E-state index in [0.29, 0.717) is 27.2 Å². The first-order valence-electron chi connectivity index (χ1n) is 8.26. The first-order chi connectivity index (χ1) is 12.6. The SMILES string of the molecule is Nc1c(Nc2ccc(Cl)cc2Cl)ncnc1N1CCc2ccccc2C1. The van der Waals surface area contributed by atoms with E-state index in [1.54, 1.807) is 18.2 Å². The molecule has 0 atom stereocenters. The zero-order valence-corrected chi connectivity index (χ0v) is 15.4. The lowest BCUT2D eigenvalue weighted by Crippen LogP contribution is -2.31. The van der Waals surface area contributed by atoms with Gasteiger partial charge in [0.1, 0.15) is 12.0 Å². The predicted octanol–water partition coefficient (Wildman–Crippen LogP) is 4.67. The van der Waals surface area contributed by atoms with Crippen LogP contribution in [0.1, 0.15) is 11.1 Å². The van der Waals surface area contributed by atoms with Crippen molar-refractivity contribution in [2.75, 3.05) is 22.5 Å². The summed E-state index contributed by atoms with van der Waals surface area (Å²) in [7, 11) is 0. The van der Waals surface area contributed by atoms with Gasteiger partial charge in [-0.1, -0.05) is 47.5 Å². The summed E-state index contributed by atoms with van der Waals surface area (Å²) in [6.07, 6.45) is 2.48.